The Morgan fingerprint density at radius 3 is 2.61 bits per heavy atom. The summed E-state index contributed by atoms with van der Waals surface area (Å²) in [6, 6.07) is 7.77. The molecule has 0 bridgehead atoms. The third kappa shape index (κ3) is 4.92. The lowest BCUT2D eigenvalue weighted by atomic mass is 10.1. The fourth-order valence-corrected chi connectivity index (χ4v) is 2.56. The Kier molecular flexibility index (Phi) is 6.33. The van der Waals surface area contributed by atoms with Crippen molar-refractivity contribution in [1.29, 1.82) is 0 Å². The van der Waals surface area contributed by atoms with Crippen LogP contribution in [0.15, 0.2) is 48.8 Å². The first kappa shape index (κ1) is 19.5. The van der Waals surface area contributed by atoms with Crippen molar-refractivity contribution in [2.45, 2.75) is 6.92 Å². The molecule has 1 amide bonds. The van der Waals surface area contributed by atoms with E-state index in [1.165, 1.54) is 0 Å². The number of carbonyl (C=O) groups is 1. The van der Waals surface area contributed by atoms with E-state index in [2.05, 4.69) is 15.3 Å². The second-order valence-corrected chi connectivity index (χ2v) is 5.81. The second kappa shape index (κ2) is 9.09. The van der Waals surface area contributed by atoms with Crippen molar-refractivity contribution in [3.05, 3.63) is 66.0 Å². The molecular weight excluding hydrogens is 368 g/mol. The van der Waals surface area contributed by atoms with Crippen LogP contribution in [0.4, 0.5) is 14.5 Å². The Labute approximate surface area is 160 Å². The van der Waals surface area contributed by atoms with Gasteiger partial charge in [-0.05, 0) is 37.3 Å². The smallest absolute Gasteiger partial charge is 0.255 e. The first-order valence-corrected chi connectivity index (χ1v) is 8.68. The van der Waals surface area contributed by atoms with Gasteiger partial charge in [0.15, 0.2) is 0 Å². The third-order valence-electron chi connectivity index (χ3n) is 3.81. The topological polar surface area (TPSA) is 76.2 Å². The van der Waals surface area contributed by atoms with E-state index >= 15 is 0 Å². The van der Waals surface area contributed by atoms with Crippen LogP contribution in [0.2, 0.25) is 0 Å². The summed E-state index contributed by atoms with van der Waals surface area (Å²) in [6.45, 7) is 3.11. The van der Waals surface area contributed by atoms with E-state index < -0.39 is 17.5 Å². The minimum Gasteiger partial charge on any atom is -0.489 e. The fourth-order valence-electron chi connectivity index (χ4n) is 2.56. The minimum atomic E-state index is -0.831. The molecule has 3 rings (SSSR count). The van der Waals surface area contributed by atoms with E-state index in [0.717, 1.165) is 12.1 Å². The Balaban J connectivity index is 1.86. The van der Waals surface area contributed by atoms with E-state index in [1.54, 1.807) is 30.6 Å². The maximum atomic E-state index is 13.4. The zero-order valence-corrected chi connectivity index (χ0v) is 15.2. The average Bonchev–Trinajstić information content (AvgIpc) is 3.20. The summed E-state index contributed by atoms with van der Waals surface area (Å²) < 4.78 is 37.8. The van der Waals surface area contributed by atoms with Crippen LogP contribution in [-0.4, -0.2) is 35.7 Å². The summed E-state index contributed by atoms with van der Waals surface area (Å²) in [4.78, 5) is 19.6. The largest absolute Gasteiger partial charge is 0.489 e. The number of hydrogen-bond acceptors (Lipinski definition) is 4. The highest BCUT2D eigenvalue weighted by Crippen LogP contribution is 2.30. The van der Waals surface area contributed by atoms with Gasteiger partial charge in [-0.15, -0.1) is 0 Å². The highest BCUT2D eigenvalue weighted by molar-refractivity contribution is 6.05. The zero-order valence-electron chi connectivity index (χ0n) is 15.2. The molecule has 0 radical (unpaired) electrons. The average molecular weight is 387 g/mol. The van der Waals surface area contributed by atoms with Gasteiger partial charge in [0.25, 0.3) is 5.91 Å². The van der Waals surface area contributed by atoms with Gasteiger partial charge in [-0.25, -0.2) is 13.8 Å². The number of carbonyl (C=O) groups excluding carboxylic acids is 1. The molecule has 0 aliphatic carbocycles. The van der Waals surface area contributed by atoms with Gasteiger partial charge in [-0.3, -0.25) is 4.79 Å². The van der Waals surface area contributed by atoms with Gasteiger partial charge in [0, 0.05) is 36.2 Å². The van der Waals surface area contributed by atoms with Crippen LogP contribution in [0, 0.1) is 11.6 Å². The van der Waals surface area contributed by atoms with Crippen LogP contribution in [0.5, 0.6) is 5.75 Å². The maximum Gasteiger partial charge on any atom is 0.255 e. The van der Waals surface area contributed by atoms with Crippen molar-refractivity contribution in [2.75, 3.05) is 25.1 Å². The number of amides is 1. The number of rotatable bonds is 8. The van der Waals surface area contributed by atoms with Crippen molar-refractivity contribution in [3.8, 4) is 17.1 Å². The van der Waals surface area contributed by atoms with Crippen molar-refractivity contribution in [2.24, 2.45) is 0 Å². The predicted molar refractivity (Wildman–Crippen MR) is 100 cm³/mol. The number of nitrogens with zero attached hydrogens (tertiary/aromatic N) is 1. The van der Waals surface area contributed by atoms with E-state index in [1.807, 2.05) is 6.92 Å². The van der Waals surface area contributed by atoms with E-state index in [9.17, 15) is 13.6 Å². The number of aromatic amines is 1. The summed E-state index contributed by atoms with van der Waals surface area (Å²) in [7, 11) is 0. The molecule has 146 valence electrons. The molecule has 8 heteroatoms. The van der Waals surface area contributed by atoms with Gasteiger partial charge in [0.05, 0.1) is 12.3 Å². The Bertz CT molecular complexity index is 926. The molecule has 1 heterocycles. The number of ether oxygens (including phenoxy) is 2. The lowest BCUT2D eigenvalue weighted by Gasteiger charge is -2.14. The quantitative estimate of drug-likeness (QED) is 0.573. The minimum absolute atomic E-state index is 0.138. The van der Waals surface area contributed by atoms with E-state index in [-0.39, 0.29) is 12.2 Å². The van der Waals surface area contributed by atoms with Crippen molar-refractivity contribution in [1.82, 2.24) is 9.97 Å². The number of halogens is 2. The monoisotopic (exact) mass is 387 g/mol. The predicted octanol–water partition coefficient (Wildman–Crippen LogP) is 4.02. The first-order valence-electron chi connectivity index (χ1n) is 8.68. The highest BCUT2D eigenvalue weighted by Gasteiger charge is 2.14. The number of hydrogen-bond donors (Lipinski definition) is 2. The molecular formula is C20H19F2N3O3. The summed E-state index contributed by atoms with van der Waals surface area (Å²) >= 11 is 0. The molecule has 0 saturated heterocycles. The van der Waals surface area contributed by atoms with Crippen molar-refractivity contribution >= 4 is 11.6 Å². The van der Waals surface area contributed by atoms with Crippen molar-refractivity contribution in [3.63, 3.8) is 0 Å². The maximum absolute atomic E-state index is 13.4. The Morgan fingerprint density at radius 1 is 1.14 bits per heavy atom. The molecule has 0 unspecified atom stereocenters. The number of aromatic nitrogens is 2. The first-order chi connectivity index (χ1) is 13.6. The summed E-state index contributed by atoms with van der Waals surface area (Å²) in [5.41, 5.74) is 0.920. The van der Waals surface area contributed by atoms with Crippen LogP contribution in [0.3, 0.4) is 0 Å². The third-order valence-corrected chi connectivity index (χ3v) is 3.81. The molecule has 28 heavy (non-hydrogen) atoms. The molecule has 3 aromatic rings. The Morgan fingerprint density at radius 2 is 1.93 bits per heavy atom. The zero-order chi connectivity index (χ0) is 19.9. The lowest BCUT2D eigenvalue weighted by Crippen LogP contribution is -2.14. The summed E-state index contributed by atoms with van der Waals surface area (Å²) in [5.74, 6) is -1.32. The number of anilines is 1. The molecule has 6 nitrogen and oxygen atoms in total. The van der Waals surface area contributed by atoms with Crippen LogP contribution in [0.1, 0.15) is 17.3 Å². The van der Waals surface area contributed by atoms with Crippen LogP contribution >= 0.6 is 0 Å². The van der Waals surface area contributed by atoms with Crippen LogP contribution < -0.4 is 10.1 Å². The molecule has 2 aromatic carbocycles. The van der Waals surface area contributed by atoms with Gasteiger partial charge in [-0.2, -0.15) is 0 Å². The molecule has 0 atom stereocenters. The van der Waals surface area contributed by atoms with Crippen LogP contribution in [-0.2, 0) is 4.74 Å². The second-order valence-electron chi connectivity index (χ2n) is 5.81. The highest BCUT2D eigenvalue weighted by atomic mass is 19.1. The van der Waals surface area contributed by atoms with Gasteiger partial charge in [0.2, 0.25) is 0 Å². The van der Waals surface area contributed by atoms with E-state index in [4.69, 9.17) is 9.47 Å². The summed E-state index contributed by atoms with van der Waals surface area (Å²) in [5, 5.41) is 2.64. The number of nitrogens with one attached hydrogen (secondary N) is 2. The van der Waals surface area contributed by atoms with E-state index in [0.29, 0.717) is 42.1 Å². The number of imidazole rings is 1. The summed E-state index contributed by atoms with van der Waals surface area (Å²) in [6.07, 6.45) is 3.28. The molecule has 0 fully saturated rings. The number of benzene rings is 2. The fraction of sp³-hybridized carbons (Fsp3) is 0.200. The van der Waals surface area contributed by atoms with Gasteiger partial charge >= 0.3 is 0 Å². The van der Waals surface area contributed by atoms with Crippen LogP contribution in [0.25, 0.3) is 11.4 Å². The normalized spacial score (nSPS) is 10.7. The van der Waals surface area contributed by atoms with Gasteiger partial charge in [-0.1, -0.05) is 0 Å². The lowest BCUT2D eigenvalue weighted by molar-refractivity contribution is 0.102. The van der Waals surface area contributed by atoms with Gasteiger partial charge < -0.3 is 19.8 Å². The Hall–Kier alpha value is -3.26. The SMILES string of the molecule is CCOCCOc1ccc(-c2ncc[nH]2)cc1NC(=O)c1cc(F)cc(F)c1. The van der Waals surface area contributed by atoms with Crippen molar-refractivity contribution < 1.29 is 23.0 Å². The molecule has 0 aliphatic heterocycles. The molecule has 1 aromatic heterocycles. The molecule has 0 aliphatic rings. The number of H-pyrrole nitrogens is 1. The van der Waals surface area contributed by atoms with Gasteiger partial charge in [0.1, 0.15) is 29.8 Å². The standard InChI is InChI=1S/C20H19F2N3O3/c1-2-27-7-8-28-18-4-3-13(19-23-5-6-24-19)11-17(18)25-20(26)14-9-15(21)12-16(22)10-14/h3-6,9-12H,2,7-8H2,1H3,(H,23,24)(H,25,26). The molecule has 2 N–H and O–H groups in total. The molecule has 0 saturated carbocycles. The molecule has 0 spiro atoms.